The lowest BCUT2D eigenvalue weighted by atomic mass is 10.2. The van der Waals surface area contributed by atoms with E-state index in [4.69, 9.17) is 15.3 Å². The zero-order valence-electron chi connectivity index (χ0n) is 10.4. The fourth-order valence-corrected chi connectivity index (χ4v) is 1.63. The number of nitrogens with zero attached hydrogens (tertiary/aromatic N) is 5. The summed E-state index contributed by atoms with van der Waals surface area (Å²) < 4.78 is 6.77. The summed E-state index contributed by atoms with van der Waals surface area (Å²) >= 11 is 0. The molecule has 0 bridgehead atoms. The molecule has 0 radical (unpaired) electrons. The second kappa shape index (κ2) is 5.57. The molecule has 9 nitrogen and oxygen atoms in total. The summed E-state index contributed by atoms with van der Waals surface area (Å²) in [5, 5.41) is 24.1. The molecule has 0 fully saturated rings. The predicted octanol–water partition coefficient (Wildman–Crippen LogP) is -0.529. The topological polar surface area (TPSA) is 133 Å². The van der Waals surface area contributed by atoms with Gasteiger partial charge in [0.25, 0.3) is 0 Å². The summed E-state index contributed by atoms with van der Waals surface area (Å²) in [7, 11) is 0. The van der Waals surface area contributed by atoms with Crippen LogP contribution in [0.5, 0.6) is 0 Å². The van der Waals surface area contributed by atoms with E-state index in [1.165, 1.54) is 4.68 Å². The minimum absolute atomic E-state index is 0.0966. The van der Waals surface area contributed by atoms with E-state index in [2.05, 4.69) is 20.5 Å². The Morgan fingerprint density at radius 3 is 2.68 bits per heavy atom. The molecule has 19 heavy (non-hydrogen) atoms. The van der Waals surface area contributed by atoms with E-state index < -0.39 is 5.97 Å². The van der Waals surface area contributed by atoms with Crippen LogP contribution in [0.4, 0.5) is 0 Å². The minimum Gasteiger partial charge on any atom is -0.476 e. The van der Waals surface area contributed by atoms with Crippen molar-refractivity contribution in [3.8, 4) is 0 Å². The number of carbonyl (C=O) groups is 1. The summed E-state index contributed by atoms with van der Waals surface area (Å²) in [5.41, 5.74) is 5.82. The number of aryl methyl sites for hydroxylation is 1. The molecule has 2 aromatic rings. The molecular formula is C10H14N6O3. The Balaban J connectivity index is 2.26. The molecule has 0 aromatic carbocycles. The maximum Gasteiger partial charge on any atom is 0.358 e. The highest BCUT2D eigenvalue weighted by molar-refractivity contribution is 5.86. The van der Waals surface area contributed by atoms with Gasteiger partial charge in [-0.2, -0.15) is 0 Å². The lowest BCUT2D eigenvalue weighted by molar-refractivity contribution is 0.0689. The zero-order chi connectivity index (χ0) is 13.8. The predicted molar refractivity (Wildman–Crippen MR) is 62.5 cm³/mol. The van der Waals surface area contributed by atoms with Crippen LogP contribution in [0.25, 0.3) is 0 Å². The Bertz CT molecular complexity index is 576. The summed E-state index contributed by atoms with van der Waals surface area (Å²) in [6.07, 6.45) is 1.00. The van der Waals surface area contributed by atoms with Crippen molar-refractivity contribution in [2.45, 2.75) is 26.3 Å². The third-order valence-electron chi connectivity index (χ3n) is 2.52. The normalized spacial score (nSPS) is 10.8. The largest absolute Gasteiger partial charge is 0.476 e. The van der Waals surface area contributed by atoms with Crippen molar-refractivity contribution in [2.75, 3.05) is 6.54 Å². The van der Waals surface area contributed by atoms with E-state index in [1.807, 2.05) is 6.92 Å². The smallest absolute Gasteiger partial charge is 0.358 e. The molecule has 102 valence electrons. The lowest BCUT2D eigenvalue weighted by Crippen LogP contribution is -2.14. The van der Waals surface area contributed by atoms with Crippen molar-refractivity contribution >= 4 is 5.97 Å². The van der Waals surface area contributed by atoms with Crippen LogP contribution >= 0.6 is 0 Å². The van der Waals surface area contributed by atoms with Crippen molar-refractivity contribution in [3.63, 3.8) is 0 Å². The summed E-state index contributed by atoms with van der Waals surface area (Å²) in [5.74, 6) is -0.250. The van der Waals surface area contributed by atoms with E-state index in [1.54, 1.807) is 0 Å². The maximum absolute atomic E-state index is 11.0. The molecule has 2 rings (SSSR count). The van der Waals surface area contributed by atoms with Gasteiger partial charge in [0, 0.05) is 12.8 Å². The lowest BCUT2D eigenvalue weighted by Gasteiger charge is -2.02. The molecule has 9 heteroatoms. The Morgan fingerprint density at radius 1 is 1.37 bits per heavy atom. The minimum atomic E-state index is -1.13. The highest BCUT2D eigenvalue weighted by Gasteiger charge is 2.19. The first-order valence-corrected chi connectivity index (χ1v) is 5.82. The SMILES string of the molecule is CCc1nnc(Cn2nnc(C(=O)O)c2CCN)o1. The van der Waals surface area contributed by atoms with Crippen molar-refractivity contribution in [2.24, 2.45) is 5.73 Å². The van der Waals surface area contributed by atoms with Gasteiger partial charge in [-0.3, -0.25) is 0 Å². The molecule has 0 aliphatic rings. The fourth-order valence-electron chi connectivity index (χ4n) is 1.63. The number of hydrogen-bond acceptors (Lipinski definition) is 7. The molecule has 0 atom stereocenters. The average molecular weight is 266 g/mol. The monoisotopic (exact) mass is 266 g/mol. The number of rotatable bonds is 6. The highest BCUT2D eigenvalue weighted by Crippen LogP contribution is 2.09. The van der Waals surface area contributed by atoms with E-state index in [9.17, 15) is 4.79 Å². The number of aromatic nitrogens is 5. The average Bonchev–Trinajstić information content (AvgIpc) is 2.98. The van der Waals surface area contributed by atoms with Crippen molar-refractivity contribution in [1.82, 2.24) is 25.2 Å². The molecule has 2 heterocycles. The van der Waals surface area contributed by atoms with Gasteiger partial charge in [0.05, 0.1) is 5.69 Å². The zero-order valence-corrected chi connectivity index (χ0v) is 10.4. The number of carboxylic acids is 1. The molecule has 0 spiro atoms. The van der Waals surface area contributed by atoms with Gasteiger partial charge in [-0.15, -0.1) is 15.3 Å². The van der Waals surface area contributed by atoms with Gasteiger partial charge in [-0.05, 0) is 6.54 Å². The molecule has 3 N–H and O–H groups in total. The Kier molecular flexibility index (Phi) is 3.85. The summed E-state index contributed by atoms with van der Waals surface area (Å²) in [4.78, 5) is 11.0. The first-order chi connectivity index (χ1) is 9.15. The molecular weight excluding hydrogens is 252 g/mol. The number of aromatic carboxylic acids is 1. The van der Waals surface area contributed by atoms with Gasteiger partial charge >= 0.3 is 5.97 Å². The fraction of sp³-hybridized carbons (Fsp3) is 0.500. The number of hydrogen-bond donors (Lipinski definition) is 2. The molecule has 0 aliphatic carbocycles. The van der Waals surface area contributed by atoms with E-state index in [-0.39, 0.29) is 12.2 Å². The third-order valence-corrected chi connectivity index (χ3v) is 2.52. The molecule has 0 aliphatic heterocycles. The van der Waals surface area contributed by atoms with Crippen molar-refractivity contribution < 1.29 is 14.3 Å². The first-order valence-electron chi connectivity index (χ1n) is 5.82. The van der Waals surface area contributed by atoms with Gasteiger partial charge in [0.2, 0.25) is 11.8 Å². The summed E-state index contributed by atoms with van der Waals surface area (Å²) in [6.45, 7) is 2.38. The van der Waals surface area contributed by atoms with Crippen LogP contribution in [0, 0.1) is 0 Å². The van der Waals surface area contributed by atoms with Crippen LogP contribution in [0.3, 0.4) is 0 Å². The van der Waals surface area contributed by atoms with Gasteiger partial charge in [0.1, 0.15) is 6.54 Å². The Hall–Kier alpha value is -2.29. The van der Waals surface area contributed by atoms with Crippen LogP contribution in [0.2, 0.25) is 0 Å². The quantitative estimate of drug-likeness (QED) is 0.712. The number of nitrogens with two attached hydrogens (primary N) is 1. The number of carboxylic acid groups (broad SMARTS) is 1. The molecule has 0 saturated heterocycles. The van der Waals surface area contributed by atoms with Gasteiger partial charge in [0.15, 0.2) is 5.69 Å². The van der Waals surface area contributed by atoms with E-state index >= 15 is 0 Å². The maximum atomic E-state index is 11.0. The first kappa shape index (κ1) is 13.1. The van der Waals surface area contributed by atoms with Crippen molar-refractivity contribution in [3.05, 3.63) is 23.2 Å². The van der Waals surface area contributed by atoms with Crippen LogP contribution in [0.15, 0.2) is 4.42 Å². The second-order valence-corrected chi connectivity index (χ2v) is 3.83. The van der Waals surface area contributed by atoms with Crippen LogP contribution in [-0.2, 0) is 19.4 Å². The third kappa shape index (κ3) is 2.76. The molecule has 0 unspecified atom stereocenters. The highest BCUT2D eigenvalue weighted by atomic mass is 16.4. The van der Waals surface area contributed by atoms with Gasteiger partial charge in [-0.25, -0.2) is 9.48 Å². The molecule has 0 saturated carbocycles. The summed E-state index contributed by atoms with van der Waals surface area (Å²) in [6, 6.07) is 0. The Morgan fingerprint density at radius 2 is 2.11 bits per heavy atom. The second-order valence-electron chi connectivity index (χ2n) is 3.83. The molecule has 2 aromatic heterocycles. The van der Waals surface area contributed by atoms with Gasteiger partial charge in [-0.1, -0.05) is 12.1 Å². The molecule has 0 amide bonds. The van der Waals surface area contributed by atoms with Crippen LogP contribution in [-0.4, -0.2) is 42.8 Å². The Labute approximate surface area is 108 Å². The van der Waals surface area contributed by atoms with E-state index in [0.29, 0.717) is 36.9 Å². The van der Waals surface area contributed by atoms with Crippen LogP contribution in [0.1, 0.15) is 34.9 Å². The van der Waals surface area contributed by atoms with Crippen molar-refractivity contribution in [1.29, 1.82) is 0 Å². The standard InChI is InChI=1S/C10H14N6O3/c1-2-7-12-13-8(19-7)5-16-6(3-4-11)9(10(17)18)14-15-16/h2-5,11H2,1H3,(H,17,18). The van der Waals surface area contributed by atoms with Gasteiger partial charge < -0.3 is 15.3 Å². The van der Waals surface area contributed by atoms with E-state index in [0.717, 1.165) is 0 Å². The van der Waals surface area contributed by atoms with Crippen LogP contribution < -0.4 is 5.73 Å².